The van der Waals surface area contributed by atoms with Crippen LogP contribution >= 0.6 is 0 Å². The predicted molar refractivity (Wildman–Crippen MR) is 90.0 cm³/mol. The molecule has 0 atom stereocenters. The Balaban J connectivity index is 1.42. The van der Waals surface area contributed by atoms with Crippen LogP contribution in [0.4, 0.5) is 13.2 Å². The Hall–Kier alpha value is -2.31. The fraction of sp³-hybridized carbons (Fsp3) is 0.474. The first kappa shape index (κ1) is 17.1. The van der Waals surface area contributed by atoms with Crippen LogP contribution in [0, 0.1) is 0 Å². The third-order valence-corrected chi connectivity index (χ3v) is 4.91. The maximum absolute atomic E-state index is 13.0. The first-order valence-electron chi connectivity index (χ1n) is 8.95. The molecule has 2 aliphatic carbocycles. The van der Waals surface area contributed by atoms with E-state index in [2.05, 4.69) is 16.5 Å². The lowest BCUT2D eigenvalue weighted by molar-refractivity contribution is -0.137. The number of hydrogen-bond acceptors (Lipinski definition) is 2. The zero-order valence-electron chi connectivity index (χ0n) is 14.2. The van der Waals surface area contributed by atoms with Gasteiger partial charge in [0, 0.05) is 24.1 Å². The molecule has 1 amide bonds. The average Bonchev–Trinajstić information content (AvgIpc) is 3.52. The van der Waals surface area contributed by atoms with Crippen molar-refractivity contribution in [1.29, 1.82) is 0 Å². The molecule has 26 heavy (non-hydrogen) atoms. The van der Waals surface area contributed by atoms with E-state index >= 15 is 0 Å². The van der Waals surface area contributed by atoms with Crippen molar-refractivity contribution in [2.24, 2.45) is 0 Å². The van der Waals surface area contributed by atoms with Gasteiger partial charge in [0.05, 0.1) is 23.4 Å². The third-order valence-electron chi connectivity index (χ3n) is 4.91. The molecule has 1 heterocycles. The second-order valence-electron chi connectivity index (χ2n) is 7.07. The van der Waals surface area contributed by atoms with Crippen LogP contribution in [0.1, 0.15) is 64.8 Å². The summed E-state index contributed by atoms with van der Waals surface area (Å²) in [5, 5.41) is 7.25. The van der Waals surface area contributed by atoms with Gasteiger partial charge in [-0.2, -0.15) is 18.3 Å². The second kappa shape index (κ2) is 6.45. The van der Waals surface area contributed by atoms with Crippen LogP contribution in [-0.2, 0) is 12.7 Å². The number of halogens is 3. The quantitative estimate of drug-likeness (QED) is 0.840. The highest BCUT2D eigenvalue weighted by Crippen LogP contribution is 2.44. The molecule has 0 unspecified atom stereocenters. The molecule has 0 bridgehead atoms. The summed E-state index contributed by atoms with van der Waals surface area (Å²) in [5.74, 6) is 0.388. The fourth-order valence-corrected chi connectivity index (χ4v) is 3.22. The summed E-state index contributed by atoms with van der Waals surface area (Å²) >= 11 is 0. The Kier molecular flexibility index (Phi) is 4.25. The number of benzene rings is 1. The van der Waals surface area contributed by atoms with Crippen molar-refractivity contribution >= 4 is 5.91 Å². The number of carbonyl (C=O) groups is 1. The van der Waals surface area contributed by atoms with Crippen LogP contribution in [0.3, 0.4) is 0 Å². The van der Waals surface area contributed by atoms with Crippen LogP contribution < -0.4 is 5.32 Å². The summed E-state index contributed by atoms with van der Waals surface area (Å²) in [4.78, 5) is 12.2. The van der Waals surface area contributed by atoms with Gasteiger partial charge in [-0.25, -0.2) is 0 Å². The van der Waals surface area contributed by atoms with E-state index in [9.17, 15) is 18.0 Å². The molecule has 0 spiro atoms. The van der Waals surface area contributed by atoms with Gasteiger partial charge < -0.3 is 5.32 Å². The minimum Gasteiger partial charge on any atom is -0.350 e. The third kappa shape index (κ3) is 3.61. The van der Waals surface area contributed by atoms with Gasteiger partial charge in [0.25, 0.3) is 5.91 Å². The maximum atomic E-state index is 13.0. The van der Waals surface area contributed by atoms with Gasteiger partial charge in [-0.05, 0) is 43.9 Å². The van der Waals surface area contributed by atoms with Gasteiger partial charge in [0.2, 0.25) is 0 Å². The predicted octanol–water partition coefficient (Wildman–Crippen LogP) is 4.09. The molecule has 1 N–H and O–H groups in total. The fourth-order valence-electron chi connectivity index (χ4n) is 3.22. The average molecular weight is 363 g/mol. The molecule has 2 aliphatic rings. The number of nitrogens with one attached hydrogen (secondary N) is 1. The minimum atomic E-state index is -4.55. The molecule has 2 aromatic rings. The Labute approximate surface area is 149 Å². The summed E-state index contributed by atoms with van der Waals surface area (Å²) in [6, 6.07) is 7.01. The van der Waals surface area contributed by atoms with Gasteiger partial charge in [0.15, 0.2) is 0 Å². The van der Waals surface area contributed by atoms with Crippen LogP contribution in [-0.4, -0.2) is 22.2 Å². The van der Waals surface area contributed by atoms with Crippen molar-refractivity contribution in [2.45, 2.75) is 50.2 Å². The van der Waals surface area contributed by atoms with E-state index in [1.54, 1.807) is 0 Å². The first-order chi connectivity index (χ1) is 12.4. The van der Waals surface area contributed by atoms with Crippen molar-refractivity contribution in [2.75, 3.05) is 6.54 Å². The van der Waals surface area contributed by atoms with Gasteiger partial charge in [0.1, 0.15) is 0 Å². The second-order valence-corrected chi connectivity index (χ2v) is 7.07. The monoisotopic (exact) mass is 363 g/mol. The van der Waals surface area contributed by atoms with Crippen LogP contribution in [0.15, 0.2) is 30.3 Å². The summed E-state index contributed by atoms with van der Waals surface area (Å²) in [6.07, 6.45) is 0.106. The summed E-state index contributed by atoms with van der Waals surface area (Å²) in [7, 11) is 0. The molecule has 2 saturated carbocycles. The smallest absolute Gasteiger partial charge is 0.350 e. The van der Waals surface area contributed by atoms with Crippen LogP contribution in [0.2, 0.25) is 0 Å². The van der Waals surface area contributed by atoms with Gasteiger partial charge in [-0.1, -0.05) is 12.1 Å². The van der Waals surface area contributed by atoms with Crippen molar-refractivity contribution in [3.05, 3.63) is 52.8 Å². The molecule has 0 saturated heterocycles. The molecule has 7 heteroatoms. The van der Waals surface area contributed by atoms with Gasteiger partial charge >= 0.3 is 6.18 Å². The molecule has 2 fully saturated rings. The van der Waals surface area contributed by atoms with E-state index in [0.717, 1.165) is 24.6 Å². The highest BCUT2D eigenvalue weighted by Gasteiger charge is 2.35. The molecule has 138 valence electrons. The van der Waals surface area contributed by atoms with Gasteiger partial charge in [-0.15, -0.1) is 0 Å². The number of nitrogens with zero attached hydrogens (tertiary/aromatic N) is 2. The normalized spacial score (nSPS) is 17.3. The number of amides is 1. The SMILES string of the molecule is O=C(NCCn1nc(C2CC2)cc1C1CC1)c1ccccc1C(F)(F)F. The van der Waals surface area contributed by atoms with Gasteiger partial charge in [-0.3, -0.25) is 9.48 Å². The summed E-state index contributed by atoms with van der Waals surface area (Å²) < 4.78 is 41.0. The van der Waals surface area contributed by atoms with Crippen LogP contribution in [0.5, 0.6) is 0 Å². The standard InChI is InChI=1S/C19H20F3N3O/c20-19(21,22)15-4-2-1-3-14(15)18(26)23-9-10-25-17(13-7-8-13)11-16(24-25)12-5-6-12/h1-4,11-13H,5-10H2,(H,23,26). The first-order valence-corrected chi connectivity index (χ1v) is 8.95. The Bertz CT molecular complexity index is 820. The van der Waals surface area contributed by atoms with Crippen molar-refractivity contribution < 1.29 is 18.0 Å². The molecular formula is C19H20F3N3O. The maximum Gasteiger partial charge on any atom is 0.417 e. The molecule has 1 aromatic heterocycles. The number of aromatic nitrogens is 2. The molecule has 1 aromatic carbocycles. The summed E-state index contributed by atoms with van der Waals surface area (Å²) in [5.41, 5.74) is 1.05. The number of hydrogen-bond donors (Lipinski definition) is 1. The highest BCUT2D eigenvalue weighted by atomic mass is 19.4. The molecule has 0 radical (unpaired) electrons. The number of rotatable bonds is 6. The Morgan fingerprint density at radius 1 is 1.15 bits per heavy atom. The lowest BCUT2D eigenvalue weighted by Crippen LogP contribution is -2.29. The number of alkyl halides is 3. The molecule has 4 nitrogen and oxygen atoms in total. The Morgan fingerprint density at radius 2 is 1.85 bits per heavy atom. The molecular weight excluding hydrogens is 343 g/mol. The minimum absolute atomic E-state index is 0.247. The largest absolute Gasteiger partial charge is 0.417 e. The van der Waals surface area contributed by atoms with E-state index < -0.39 is 17.6 Å². The lowest BCUT2D eigenvalue weighted by Gasteiger charge is -2.13. The van der Waals surface area contributed by atoms with E-state index in [1.165, 1.54) is 36.7 Å². The summed E-state index contributed by atoms with van der Waals surface area (Å²) in [6.45, 7) is 0.717. The van der Waals surface area contributed by atoms with Crippen molar-refractivity contribution in [3.8, 4) is 0 Å². The molecule has 4 rings (SSSR count). The van der Waals surface area contributed by atoms with Crippen LogP contribution in [0.25, 0.3) is 0 Å². The topological polar surface area (TPSA) is 46.9 Å². The lowest BCUT2D eigenvalue weighted by atomic mass is 10.1. The number of carbonyl (C=O) groups excluding carboxylic acids is 1. The van der Waals surface area contributed by atoms with E-state index in [1.807, 2.05) is 4.68 Å². The van der Waals surface area contributed by atoms with Crippen molar-refractivity contribution in [3.63, 3.8) is 0 Å². The van der Waals surface area contributed by atoms with E-state index in [-0.39, 0.29) is 12.1 Å². The zero-order valence-corrected chi connectivity index (χ0v) is 14.2. The van der Waals surface area contributed by atoms with Crippen molar-refractivity contribution in [1.82, 2.24) is 15.1 Å². The zero-order chi connectivity index (χ0) is 18.3. The van der Waals surface area contributed by atoms with E-state index in [4.69, 9.17) is 0 Å². The highest BCUT2D eigenvalue weighted by molar-refractivity contribution is 5.95. The molecule has 0 aliphatic heterocycles. The van der Waals surface area contributed by atoms with E-state index in [0.29, 0.717) is 18.4 Å². The Morgan fingerprint density at radius 3 is 2.50 bits per heavy atom.